The Morgan fingerprint density at radius 2 is 0.667 bits per heavy atom. The number of unbranched alkanes of at least 4 members (excludes halogenated alkanes) is 7. The summed E-state index contributed by atoms with van der Waals surface area (Å²) in [5.74, 6) is 3.58. The van der Waals surface area contributed by atoms with E-state index in [9.17, 15) is 0 Å². The summed E-state index contributed by atoms with van der Waals surface area (Å²) < 4.78 is 23.3. The van der Waals surface area contributed by atoms with Crippen molar-refractivity contribution in [3.8, 4) is 23.0 Å². The zero-order chi connectivity index (χ0) is 33.5. The molecule has 0 fully saturated rings. The summed E-state index contributed by atoms with van der Waals surface area (Å²) in [5, 5.41) is 0. The molecule has 0 aliphatic heterocycles. The number of aliphatic imine (C=N–C) groups is 2. The lowest BCUT2D eigenvalue weighted by Crippen LogP contribution is -1.98. The van der Waals surface area contributed by atoms with E-state index in [1.165, 1.54) is 25.7 Å². The number of nitrogens with zero attached hydrogens (tertiary/aromatic N) is 2. The summed E-state index contributed by atoms with van der Waals surface area (Å²) in [6.45, 7) is 7.32. The van der Waals surface area contributed by atoms with Crippen LogP contribution in [-0.4, -0.2) is 38.9 Å². The van der Waals surface area contributed by atoms with Crippen LogP contribution in [0.25, 0.3) is 0 Å². The first-order chi connectivity index (χ1) is 23.7. The molecule has 4 rings (SSSR count). The van der Waals surface area contributed by atoms with E-state index in [2.05, 4.69) is 23.8 Å². The molecule has 0 amide bonds. The lowest BCUT2D eigenvalue weighted by molar-refractivity contribution is 0.297. The SMILES string of the molecule is CCCCOc1ccc(C=Nc2ccc(OCCCCCCCCOc3ccc(N=Cc4ccc(OCCCC)cc4)cc3)cc2)cc1. The van der Waals surface area contributed by atoms with Crippen LogP contribution in [-0.2, 0) is 0 Å². The Balaban J connectivity index is 1.00. The molecule has 0 bridgehead atoms. The van der Waals surface area contributed by atoms with E-state index in [0.717, 1.165) is 110 Å². The van der Waals surface area contributed by atoms with Gasteiger partial charge >= 0.3 is 0 Å². The summed E-state index contributed by atoms with van der Waals surface area (Å²) in [5.41, 5.74) is 3.90. The molecule has 0 unspecified atom stereocenters. The number of hydrogen-bond donors (Lipinski definition) is 0. The highest BCUT2D eigenvalue weighted by Gasteiger charge is 1.99. The van der Waals surface area contributed by atoms with Gasteiger partial charge in [0.2, 0.25) is 0 Å². The second-order valence-corrected chi connectivity index (χ2v) is 11.9. The third-order valence-electron chi connectivity index (χ3n) is 7.77. The van der Waals surface area contributed by atoms with E-state index in [1.54, 1.807) is 0 Å². The first-order valence-corrected chi connectivity index (χ1v) is 17.7. The van der Waals surface area contributed by atoms with Crippen LogP contribution in [0.1, 0.15) is 89.2 Å². The maximum absolute atomic E-state index is 5.94. The molecular weight excluding hydrogens is 596 g/mol. The Labute approximate surface area is 287 Å². The summed E-state index contributed by atoms with van der Waals surface area (Å²) in [6, 6.07) is 32.0. The molecule has 6 heteroatoms. The van der Waals surface area contributed by atoms with Gasteiger partial charge in [0.05, 0.1) is 37.8 Å². The maximum atomic E-state index is 5.94. The molecule has 254 valence electrons. The van der Waals surface area contributed by atoms with E-state index >= 15 is 0 Å². The quantitative estimate of drug-likeness (QED) is 0.0593. The van der Waals surface area contributed by atoms with Crippen LogP contribution in [0.2, 0.25) is 0 Å². The van der Waals surface area contributed by atoms with Crippen LogP contribution in [0.5, 0.6) is 23.0 Å². The minimum absolute atomic E-state index is 0.735. The molecule has 6 nitrogen and oxygen atoms in total. The Morgan fingerprint density at radius 1 is 0.375 bits per heavy atom. The molecule has 0 saturated carbocycles. The molecule has 0 heterocycles. The summed E-state index contributed by atoms with van der Waals surface area (Å²) in [4.78, 5) is 9.16. The average molecular weight is 649 g/mol. The van der Waals surface area contributed by atoms with E-state index in [1.807, 2.05) is 109 Å². The second-order valence-electron chi connectivity index (χ2n) is 11.9. The number of ether oxygens (including phenoxy) is 4. The Kier molecular flexibility index (Phi) is 16.7. The Bertz CT molecular complexity index is 1350. The standard InChI is InChI=1S/C42H52N2O4/c1-3-5-29-45-39-21-13-35(14-22-39)33-43-37-17-25-41(26-18-37)47-31-11-9-7-8-10-12-32-48-42-27-19-38(20-28-42)44-34-36-15-23-40(24-16-36)46-30-6-4-2/h13-28,33-34H,3-12,29-32H2,1-2H3. The number of benzene rings is 4. The fourth-order valence-electron chi connectivity index (χ4n) is 4.82. The number of rotatable bonds is 23. The Morgan fingerprint density at radius 3 is 1.00 bits per heavy atom. The molecule has 0 spiro atoms. The van der Waals surface area contributed by atoms with Crippen molar-refractivity contribution in [2.45, 2.75) is 78.1 Å². The van der Waals surface area contributed by atoms with Crippen molar-refractivity contribution in [3.05, 3.63) is 108 Å². The third kappa shape index (κ3) is 14.5. The molecule has 48 heavy (non-hydrogen) atoms. The highest BCUT2D eigenvalue weighted by Crippen LogP contribution is 2.21. The zero-order valence-corrected chi connectivity index (χ0v) is 28.8. The molecule has 4 aromatic carbocycles. The van der Waals surface area contributed by atoms with Crippen molar-refractivity contribution >= 4 is 23.8 Å². The molecule has 0 aliphatic carbocycles. The maximum Gasteiger partial charge on any atom is 0.119 e. The van der Waals surface area contributed by atoms with Gasteiger partial charge in [-0.3, -0.25) is 9.98 Å². The smallest absolute Gasteiger partial charge is 0.119 e. The molecule has 0 atom stereocenters. The molecule has 4 aromatic rings. The summed E-state index contributed by atoms with van der Waals surface area (Å²) in [6.07, 6.45) is 15.0. The molecule has 0 aliphatic rings. The topological polar surface area (TPSA) is 61.6 Å². The minimum atomic E-state index is 0.735. The predicted octanol–water partition coefficient (Wildman–Crippen LogP) is 11.3. The molecule has 0 aromatic heterocycles. The fraction of sp³-hybridized carbons (Fsp3) is 0.381. The van der Waals surface area contributed by atoms with Crippen molar-refractivity contribution in [2.75, 3.05) is 26.4 Å². The van der Waals surface area contributed by atoms with Gasteiger partial charge in [-0.15, -0.1) is 0 Å². The van der Waals surface area contributed by atoms with Crippen LogP contribution in [0.4, 0.5) is 11.4 Å². The first-order valence-electron chi connectivity index (χ1n) is 17.7. The van der Waals surface area contributed by atoms with Crippen LogP contribution < -0.4 is 18.9 Å². The lowest BCUT2D eigenvalue weighted by Gasteiger charge is -2.07. The van der Waals surface area contributed by atoms with Gasteiger partial charge in [-0.1, -0.05) is 52.4 Å². The van der Waals surface area contributed by atoms with Gasteiger partial charge in [0.15, 0.2) is 0 Å². The van der Waals surface area contributed by atoms with E-state index in [4.69, 9.17) is 18.9 Å². The van der Waals surface area contributed by atoms with E-state index in [0.29, 0.717) is 0 Å². The molecule has 0 saturated heterocycles. The first kappa shape index (κ1) is 36.3. The third-order valence-corrected chi connectivity index (χ3v) is 7.77. The summed E-state index contributed by atoms with van der Waals surface area (Å²) >= 11 is 0. The van der Waals surface area contributed by atoms with Gasteiger partial charge in [0, 0.05) is 12.4 Å². The van der Waals surface area contributed by atoms with E-state index in [-0.39, 0.29) is 0 Å². The molecular formula is C42H52N2O4. The van der Waals surface area contributed by atoms with Crippen LogP contribution in [0.3, 0.4) is 0 Å². The van der Waals surface area contributed by atoms with Gasteiger partial charge in [-0.25, -0.2) is 0 Å². The highest BCUT2D eigenvalue weighted by atomic mass is 16.5. The van der Waals surface area contributed by atoms with E-state index < -0.39 is 0 Å². The van der Waals surface area contributed by atoms with Crippen molar-refractivity contribution in [1.29, 1.82) is 0 Å². The van der Waals surface area contributed by atoms with Gasteiger partial charge < -0.3 is 18.9 Å². The molecule has 0 N–H and O–H groups in total. The van der Waals surface area contributed by atoms with Gasteiger partial charge in [0.25, 0.3) is 0 Å². The minimum Gasteiger partial charge on any atom is -0.494 e. The molecule has 0 radical (unpaired) electrons. The van der Waals surface area contributed by atoms with Crippen LogP contribution in [0.15, 0.2) is 107 Å². The highest BCUT2D eigenvalue weighted by molar-refractivity contribution is 5.82. The second kappa shape index (κ2) is 22.1. The zero-order valence-electron chi connectivity index (χ0n) is 28.8. The normalized spacial score (nSPS) is 11.3. The lowest BCUT2D eigenvalue weighted by atomic mass is 10.1. The van der Waals surface area contributed by atoms with Crippen molar-refractivity contribution in [2.24, 2.45) is 9.98 Å². The van der Waals surface area contributed by atoms with Crippen LogP contribution in [0, 0.1) is 0 Å². The fourth-order valence-corrected chi connectivity index (χ4v) is 4.82. The van der Waals surface area contributed by atoms with Gasteiger partial charge in [0.1, 0.15) is 23.0 Å². The van der Waals surface area contributed by atoms with Gasteiger partial charge in [-0.05, 0) is 134 Å². The average Bonchev–Trinajstić information content (AvgIpc) is 3.13. The van der Waals surface area contributed by atoms with Crippen molar-refractivity contribution in [3.63, 3.8) is 0 Å². The van der Waals surface area contributed by atoms with Gasteiger partial charge in [-0.2, -0.15) is 0 Å². The number of hydrogen-bond acceptors (Lipinski definition) is 6. The Hall–Kier alpha value is -4.58. The largest absolute Gasteiger partial charge is 0.494 e. The van der Waals surface area contributed by atoms with Crippen molar-refractivity contribution < 1.29 is 18.9 Å². The van der Waals surface area contributed by atoms with Crippen LogP contribution >= 0.6 is 0 Å². The monoisotopic (exact) mass is 648 g/mol. The predicted molar refractivity (Wildman–Crippen MR) is 200 cm³/mol. The summed E-state index contributed by atoms with van der Waals surface area (Å²) in [7, 11) is 0. The van der Waals surface area contributed by atoms with Crippen molar-refractivity contribution in [1.82, 2.24) is 0 Å².